The molecule has 0 saturated carbocycles. The molecule has 3 N–H and O–H groups in total. The van der Waals surface area contributed by atoms with Crippen LogP contribution in [0.25, 0.3) is 11.3 Å². The smallest absolute Gasteiger partial charge is 0.132 e. The van der Waals surface area contributed by atoms with Crippen LogP contribution in [-0.4, -0.2) is 16.7 Å². The van der Waals surface area contributed by atoms with Crippen molar-refractivity contribution in [2.45, 2.75) is 26.7 Å². The number of nitrogens with zero attached hydrogens (tertiary/aromatic N) is 1. The molecule has 0 aliphatic heterocycles. The number of hydrogen-bond acceptors (Lipinski definition) is 4. The van der Waals surface area contributed by atoms with Crippen LogP contribution in [0.3, 0.4) is 0 Å². The van der Waals surface area contributed by atoms with Crippen LogP contribution in [0.5, 0.6) is 11.5 Å². The number of aryl methyl sites for hydroxylation is 1. The fraction of sp³-hybridized carbons (Fsp3) is 0.312. The predicted molar refractivity (Wildman–Crippen MR) is 80.9 cm³/mol. The Hall–Kier alpha value is -2.23. The van der Waals surface area contributed by atoms with E-state index in [1.165, 1.54) is 0 Å². The van der Waals surface area contributed by atoms with Crippen molar-refractivity contribution in [1.29, 1.82) is 0 Å². The molecule has 2 rings (SSSR count). The second-order valence-electron chi connectivity index (χ2n) is 4.61. The molecular formula is C16H20N2O2. The number of rotatable bonds is 5. The molecule has 4 heteroatoms. The standard InChI is InChI=1S/C16H20N2O2/c1-3-6-11-9-12(13-7-5-8-16(17)18-13)15(20-4-2)10-14(11)19/h5,7-10,19H,3-4,6H2,1-2H3,(H2,17,18). The molecule has 0 radical (unpaired) electrons. The Kier molecular flexibility index (Phi) is 4.45. The van der Waals surface area contributed by atoms with Gasteiger partial charge in [-0.05, 0) is 37.1 Å². The van der Waals surface area contributed by atoms with E-state index in [0.717, 1.165) is 29.7 Å². The van der Waals surface area contributed by atoms with Crippen molar-refractivity contribution in [1.82, 2.24) is 4.98 Å². The first kappa shape index (κ1) is 14.2. The van der Waals surface area contributed by atoms with Gasteiger partial charge in [-0.1, -0.05) is 19.4 Å². The van der Waals surface area contributed by atoms with Gasteiger partial charge in [0.25, 0.3) is 0 Å². The van der Waals surface area contributed by atoms with E-state index in [9.17, 15) is 5.11 Å². The minimum atomic E-state index is 0.267. The highest BCUT2D eigenvalue weighted by Crippen LogP contribution is 2.35. The minimum absolute atomic E-state index is 0.267. The molecule has 0 aliphatic rings. The van der Waals surface area contributed by atoms with Crippen molar-refractivity contribution < 1.29 is 9.84 Å². The van der Waals surface area contributed by atoms with Gasteiger partial charge in [0.1, 0.15) is 17.3 Å². The van der Waals surface area contributed by atoms with Crippen molar-refractivity contribution in [3.8, 4) is 22.8 Å². The maximum absolute atomic E-state index is 10.0. The Balaban J connectivity index is 2.55. The van der Waals surface area contributed by atoms with Gasteiger partial charge in [-0.3, -0.25) is 0 Å². The predicted octanol–water partition coefficient (Wildman–Crippen LogP) is 3.39. The lowest BCUT2D eigenvalue weighted by Gasteiger charge is -2.13. The average Bonchev–Trinajstić information content (AvgIpc) is 2.42. The van der Waals surface area contributed by atoms with Gasteiger partial charge in [-0.25, -0.2) is 4.98 Å². The van der Waals surface area contributed by atoms with Crippen molar-refractivity contribution in [2.75, 3.05) is 12.3 Å². The van der Waals surface area contributed by atoms with Crippen LogP contribution in [0.1, 0.15) is 25.8 Å². The molecule has 0 fully saturated rings. The van der Waals surface area contributed by atoms with Gasteiger partial charge in [-0.15, -0.1) is 0 Å². The first-order chi connectivity index (χ1) is 9.65. The van der Waals surface area contributed by atoms with E-state index in [2.05, 4.69) is 11.9 Å². The Labute approximate surface area is 119 Å². The number of nitrogen functional groups attached to an aromatic ring is 1. The van der Waals surface area contributed by atoms with Crippen molar-refractivity contribution in [3.63, 3.8) is 0 Å². The van der Waals surface area contributed by atoms with Crippen LogP contribution >= 0.6 is 0 Å². The van der Waals surface area contributed by atoms with E-state index in [1.807, 2.05) is 25.1 Å². The molecule has 0 saturated heterocycles. The number of anilines is 1. The molecule has 0 amide bonds. The van der Waals surface area contributed by atoms with Gasteiger partial charge in [0.2, 0.25) is 0 Å². The van der Waals surface area contributed by atoms with Crippen LogP contribution in [0.4, 0.5) is 5.82 Å². The summed E-state index contributed by atoms with van der Waals surface area (Å²) < 4.78 is 5.60. The summed E-state index contributed by atoms with van der Waals surface area (Å²) in [5, 5.41) is 10.0. The monoisotopic (exact) mass is 272 g/mol. The molecule has 1 aromatic heterocycles. The van der Waals surface area contributed by atoms with Crippen LogP contribution < -0.4 is 10.5 Å². The molecule has 1 aromatic carbocycles. The topological polar surface area (TPSA) is 68.4 Å². The van der Waals surface area contributed by atoms with E-state index < -0.39 is 0 Å². The summed E-state index contributed by atoms with van der Waals surface area (Å²) in [7, 11) is 0. The van der Waals surface area contributed by atoms with Crippen molar-refractivity contribution in [3.05, 3.63) is 35.9 Å². The molecule has 0 atom stereocenters. The van der Waals surface area contributed by atoms with Gasteiger partial charge in [-0.2, -0.15) is 0 Å². The zero-order valence-electron chi connectivity index (χ0n) is 11.9. The second-order valence-corrected chi connectivity index (χ2v) is 4.61. The van der Waals surface area contributed by atoms with Gasteiger partial charge in [0.05, 0.1) is 12.3 Å². The SMILES string of the molecule is CCCc1cc(-c2cccc(N)n2)c(OCC)cc1O. The van der Waals surface area contributed by atoms with E-state index in [1.54, 1.807) is 12.1 Å². The summed E-state index contributed by atoms with van der Waals surface area (Å²) in [6.45, 7) is 4.52. The highest BCUT2D eigenvalue weighted by molar-refractivity contribution is 5.71. The fourth-order valence-electron chi connectivity index (χ4n) is 2.16. The van der Waals surface area contributed by atoms with E-state index in [-0.39, 0.29) is 5.75 Å². The third-order valence-electron chi connectivity index (χ3n) is 3.05. The summed E-state index contributed by atoms with van der Waals surface area (Å²) in [5.74, 6) is 1.36. The van der Waals surface area contributed by atoms with E-state index in [0.29, 0.717) is 18.2 Å². The quantitative estimate of drug-likeness (QED) is 0.875. The number of phenols is 1. The molecule has 0 bridgehead atoms. The van der Waals surface area contributed by atoms with Crippen LogP contribution in [0, 0.1) is 0 Å². The van der Waals surface area contributed by atoms with Gasteiger partial charge in [0, 0.05) is 11.6 Å². The maximum atomic E-state index is 10.0. The summed E-state index contributed by atoms with van der Waals surface area (Å²) in [4.78, 5) is 4.33. The van der Waals surface area contributed by atoms with Crippen molar-refractivity contribution >= 4 is 5.82 Å². The molecule has 0 aliphatic carbocycles. The van der Waals surface area contributed by atoms with Crippen LogP contribution in [-0.2, 0) is 6.42 Å². The molecule has 0 spiro atoms. The number of aromatic nitrogens is 1. The molecule has 106 valence electrons. The molecule has 0 unspecified atom stereocenters. The van der Waals surface area contributed by atoms with Gasteiger partial charge < -0.3 is 15.6 Å². The Morgan fingerprint density at radius 2 is 2.05 bits per heavy atom. The Bertz CT molecular complexity index is 597. The number of nitrogens with two attached hydrogens (primary N) is 1. The third-order valence-corrected chi connectivity index (χ3v) is 3.05. The summed E-state index contributed by atoms with van der Waals surface area (Å²) in [5.41, 5.74) is 8.26. The van der Waals surface area contributed by atoms with Crippen LogP contribution in [0.2, 0.25) is 0 Å². The zero-order chi connectivity index (χ0) is 14.5. The van der Waals surface area contributed by atoms with E-state index in [4.69, 9.17) is 10.5 Å². The lowest BCUT2D eigenvalue weighted by molar-refractivity contribution is 0.338. The lowest BCUT2D eigenvalue weighted by atomic mass is 10.0. The number of benzene rings is 1. The third kappa shape index (κ3) is 3.02. The van der Waals surface area contributed by atoms with Crippen molar-refractivity contribution in [2.24, 2.45) is 0 Å². The summed E-state index contributed by atoms with van der Waals surface area (Å²) >= 11 is 0. The van der Waals surface area contributed by atoms with Crippen LogP contribution in [0.15, 0.2) is 30.3 Å². The maximum Gasteiger partial charge on any atom is 0.132 e. The van der Waals surface area contributed by atoms with E-state index >= 15 is 0 Å². The number of hydrogen-bond donors (Lipinski definition) is 2. The summed E-state index contributed by atoms with van der Waals surface area (Å²) in [6.07, 6.45) is 1.78. The molecule has 4 nitrogen and oxygen atoms in total. The Morgan fingerprint density at radius 3 is 2.70 bits per heavy atom. The van der Waals surface area contributed by atoms with Gasteiger partial charge in [0.15, 0.2) is 0 Å². The number of phenolic OH excluding ortho intramolecular Hbond substituents is 1. The number of pyridine rings is 1. The highest BCUT2D eigenvalue weighted by Gasteiger charge is 2.13. The first-order valence-corrected chi connectivity index (χ1v) is 6.87. The molecule has 1 heterocycles. The number of ether oxygens (including phenoxy) is 1. The highest BCUT2D eigenvalue weighted by atomic mass is 16.5. The second kappa shape index (κ2) is 6.28. The largest absolute Gasteiger partial charge is 0.508 e. The van der Waals surface area contributed by atoms with Gasteiger partial charge >= 0.3 is 0 Å². The average molecular weight is 272 g/mol. The summed E-state index contributed by atoms with van der Waals surface area (Å²) in [6, 6.07) is 9.10. The zero-order valence-corrected chi connectivity index (χ0v) is 11.9. The molecule has 20 heavy (non-hydrogen) atoms. The fourth-order valence-corrected chi connectivity index (χ4v) is 2.16. The number of aromatic hydroxyl groups is 1. The molecular weight excluding hydrogens is 252 g/mol. The first-order valence-electron chi connectivity index (χ1n) is 6.87. The molecule has 2 aromatic rings. The minimum Gasteiger partial charge on any atom is -0.508 e. The lowest BCUT2D eigenvalue weighted by Crippen LogP contribution is -1.98. The Morgan fingerprint density at radius 1 is 1.25 bits per heavy atom. The normalized spacial score (nSPS) is 10.5.